The smallest absolute Gasteiger partial charge is 0.325 e. The van der Waals surface area contributed by atoms with Crippen molar-refractivity contribution in [2.24, 2.45) is 0 Å². The molecule has 0 saturated carbocycles. The van der Waals surface area contributed by atoms with E-state index in [1.807, 2.05) is 24.3 Å². The van der Waals surface area contributed by atoms with Crippen molar-refractivity contribution in [1.29, 1.82) is 0 Å². The van der Waals surface area contributed by atoms with E-state index in [1.165, 1.54) is 52.3 Å². The molecule has 1 aromatic heterocycles. The third-order valence-corrected chi connectivity index (χ3v) is 7.58. The summed E-state index contributed by atoms with van der Waals surface area (Å²) >= 11 is 1.18. The van der Waals surface area contributed by atoms with Gasteiger partial charge in [-0.2, -0.15) is 0 Å². The molecule has 1 aliphatic rings. The summed E-state index contributed by atoms with van der Waals surface area (Å²) in [5.74, 6) is 0.0498. The number of amides is 3. The van der Waals surface area contributed by atoms with Crippen molar-refractivity contribution in [2.75, 3.05) is 34.6 Å². The summed E-state index contributed by atoms with van der Waals surface area (Å²) in [6, 6.07) is 13.5. The quantitative estimate of drug-likeness (QED) is 0.488. The van der Waals surface area contributed by atoms with Crippen molar-refractivity contribution in [1.82, 2.24) is 9.88 Å². The lowest BCUT2D eigenvalue weighted by molar-refractivity contribution is -0.116. The van der Waals surface area contributed by atoms with E-state index in [0.717, 1.165) is 5.69 Å². The number of sulfonamides is 1. The van der Waals surface area contributed by atoms with E-state index < -0.39 is 10.0 Å². The second-order valence-corrected chi connectivity index (χ2v) is 10.7. The number of hydrogen-bond donors (Lipinski definition) is 2. The van der Waals surface area contributed by atoms with Crippen LogP contribution in [0.4, 0.5) is 21.3 Å². The fraction of sp³-hybridized carbons (Fsp3) is 0.261. The zero-order chi connectivity index (χ0) is 24.3. The highest BCUT2D eigenvalue weighted by Crippen LogP contribution is 2.24. The van der Waals surface area contributed by atoms with Gasteiger partial charge in [0.2, 0.25) is 5.91 Å². The maximum Gasteiger partial charge on any atom is 0.325 e. The summed E-state index contributed by atoms with van der Waals surface area (Å²) in [6.45, 7) is 5.08. The van der Waals surface area contributed by atoms with Crippen LogP contribution < -0.4 is 14.9 Å². The Morgan fingerprint density at radius 3 is 2.41 bits per heavy atom. The van der Waals surface area contributed by atoms with E-state index in [-0.39, 0.29) is 28.5 Å². The molecule has 0 radical (unpaired) electrons. The lowest BCUT2D eigenvalue weighted by Gasteiger charge is -2.19. The zero-order valence-electron chi connectivity index (χ0n) is 18.8. The van der Waals surface area contributed by atoms with Gasteiger partial charge < -0.3 is 10.2 Å². The second kappa shape index (κ2) is 9.82. The largest absolute Gasteiger partial charge is 0.325 e. The number of urea groups is 1. The van der Waals surface area contributed by atoms with Gasteiger partial charge >= 0.3 is 6.03 Å². The average Bonchev–Trinajstić information content (AvgIpc) is 3.44. The van der Waals surface area contributed by atoms with Gasteiger partial charge in [-0.1, -0.05) is 26.0 Å². The predicted octanol–water partition coefficient (Wildman–Crippen LogP) is 3.95. The lowest BCUT2D eigenvalue weighted by Crippen LogP contribution is -2.37. The predicted molar refractivity (Wildman–Crippen MR) is 133 cm³/mol. The molecule has 1 aliphatic heterocycles. The molecule has 2 aromatic carbocycles. The maximum absolute atomic E-state index is 12.8. The topological polar surface area (TPSA) is 112 Å². The van der Waals surface area contributed by atoms with E-state index in [4.69, 9.17) is 0 Å². The Morgan fingerprint density at radius 1 is 1.09 bits per heavy atom. The van der Waals surface area contributed by atoms with Gasteiger partial charge in [0.25, 0.3) is 10.0 Å². The van der Waals surface area contributed by atoms with Crippen molar-refractivity contribution in [2.45, 2.75) is 24.7 Å². The first-order chi connectivity index (χ1) is 16.2. The van der Waals surface area contributed by atoms with Gasteiger partial charge in [-0.3, -0.25) is 14.4 Å². The number of aromatic nitrogens is 1. The number of benzene rings is 2. The molecule has 3 amide bonds. The number of carbonyl (C=O) groups is 2. The maximum atomic E-state index is 12.8. The molecule has 0 atom stereocenters. The van der Waals surface area contributed by atoms with Gasteiger partial charge in [0, 0.05) is 36.0 Å². The van der Waals surface area contributed by atoms with Gasteiger partial charge in [-0.25, -0.2) is 18.2 Å². The van der Waals surface area contributed by atoms with Crippen LogP contribution in [-0.2, 0) is 14.8 Å². The van der Waals surface area contributed by atoms with Crippen LogP contribution in [0.2, 0.25) is 0 Å². The number of nitrogens with zero attached hydrogens (tertiary/aromatic N) is 3. The Morgan fingerprint density at radius 2 is 1.79 bits per heavy atom. The van der Waals surface area contributed by atoms with Crippen LogP contribution >= 0.6 is 11.3 Å². The Kier molecular flexibility index (Phi) is 6.85. The third kappa shape index (κ3) is 5.37. The molecule has 2 heterocycles. The Bertz CT molecular complexity index is 1260. The molecule has 178 valence electrons. The normalized spacial score (nSPS) is 14.0. The van der Waals surface area contributed by atoms with Crippen LogP contribution in [0.3, 0.4) is 0 Å². The highest BCUT2D eigenvalue weighted by molar-refractivity contribution is 7.93. The number of nitrogens with one attached hydrogen (secondary N) is 2. The van der Waals surface area contributed by atoms with Gasteiger partial charge in [-0.15, -0.1) is 11.3 Å². The highest BCUT2D eigenvalue weighted by atomic mass is 32.2. The first-order valence-electron chi connectivity index (χ1n) is 10.7. The highest BCUT2D eigenvalue weighted by Gasteiger charge is 2.30. The van der Waals surface area contributed by atoms with E-state index in [0.29, 0.717) is 24.7 Å². The van der Waals surface area contributed by atoms with E-state index >= 15 is 0 Å². The molecular weight excluding hydrogens is 474 g/mol. The fourth-order valence-corrected chi connectivity index (χ4v) is 5.34. The Labute approximate surface area is 202 Å². The summed E-state index contributed by atoms with van der Waals surface area (Å²) in [4.78, 5) is 32.4. The molecule has 0 aliphatic carbocycles. The van der Waals surface area contributed by atoms with E-state index in [1.54, 1.807) is 10.3 Å². The number of hydrogen-bond acceptors (Lipinski definition) is 6. The number of rotatable bonds is 8. The molecule has 0 bridgehead atoms. The van der Waals surface area contributed by atoms with E-state index in [9.17, 15) is 18.0 Å². The third-order valence-electron chi connectivity index (χ3n) is 5.40. The molecule has 0 spiro atoms. The summed E-state index contributed by atoms with van der Waals surface area (Å²) in [5.41, 5.74) is 2.44. The summed E-state index contributed by atoms with van der Waals surface area (Å²) in [5, 5.41) is 4.66. The molecule has 1 fully saturated rings. The molecule has 4 rings (SSSR count). The van der Waals surface area contributed by atoms with Gasteiger partial charge in [0.1, 0.15) is 6.54 Å². The lowest BCUT2D eigenvalue weighted by atomic mass is 10.0. The van der Waals surface area contributed by atoms with Crippen molar-refractivity contribution in [3.63, 3.8) is 0 Å². The summed E-state index contributed by atoms with van der Waals surface area (Å²) in [7, 11) is -3.77. The minimum Gasteiger partial charge on any atom is -0.325 e. The SMILES string of the molecule is CC(C)c1ccc(N2CCN(CC(=O)Nc3ccc(S(=O)(=O)Nc4nccs4)cc3)C2=O)cc1. The average molecular weight is 500 g/mol. The van der Waals surface area contributed by atoms with E-state index in [2.05, 4.69) is 28.9 Å². The van der Waals surface area contributed by atoms with Crippen LogP contribution in [-0.4, -0.2) is 49.9 Å². The molecule has 11 heteroatoms. The van der Waals surface area contributed by atoms with Crippen LogP contribution in [0.1, 0.15) is 25.3 Å². The van der Waals surface area contributed by atoms with Crippen molar-refractivity contribution >= 4 is 49.8 Å². The molecule has 2 N–H and O–H groups in total. The molecule has 9 nitrogen and oxygen atoms in total. The number of carbonyl (C=O) groups excluding carboxylic acids is 2. The van der Waals surface area contributed by atoms with Gasteiger partial charge in [0.15, 0.2) is 5.13 Å². The van der Waals surface area contributed by atoms with Crippen molar-refractivity contribution in [3.05, 3.63) is 65.7 Å². The molecule has 34 heavy (non-hydrogen) atoms. The van der Waals surface area contributed by atoms with Gasteiger partial charge in [0.05, 0.1) is 4.90 Å². The number of anilines is 3. The standard InChI is InChI=1S/C23H25N5O4S2/c1-16(2)17-3-7-19(8-4-17)28-13-12-27(23(28)30)15-21(29)25-18-5-9-20(10-6-18)34(31,32)26-22-24-11-14-33-22/h3-11,14,16H,12-13,15H2,1-2H3,(H,24,26)(H,25,29). The molecule has 3 aromatic rings. The van der Waals surface area contributed by atoms with Crippen LogP contribution in [0.5, 0.6) is 0 Å². The zero-order valence-corrected chi connectivity index (χ0v) is 20.4. The first kappa shape index (κ1) is 23.7. The van der Waals surface area contributed by atoms with Crippen molar-refractivity contribution < 1.29 is 18.0 Å². The Balaban J connectivity index is 1.33. The van der Waals surface area contributed by atoms with Crippen LogP contribution in [0.15, 0.2) is 65.0 Å². The van der Waals surface area contributed by atoms with Crippen LogP contribution in [0.25, 0.3) is 0 Å². The van der Waals surface area contributed by atoms with Crippen molar-refractivity contribution in [3.8, 4) is 0 Å². The molecule has 1 saturated heterocycles. The molecule has 0 unspecified atom stereocenters. The molecular formula is C23H25N5O4S2. The monoisotopic (exact) mass is 499 g/mol. The minimum atomic E-state index is -3.77. The van der Waals surface area contributed by atoms with Crippen LogP contribution in [0, 0.1) is 0 Å². The second-order valence-electron chi connectivity index (χ2n) is 8.12. The number of thiazole rings is 1. The minimum absolute atomic E-state index is 0.0505. The fourth-order valence-electron chi connectivity index (χ4n) is 3.55. The van der Waals surface area contributed by atoms with Gasteiger partial charge in [-0.05, 0) is 47.9 Å². The summed E-state index contributed by atoms with van der Waals surface area (Å²) in [6.07, 6.45) is 1.51. The summed E-state index contributed by atoms with van der Waals surface area (Å²) < 4.78 is 27.2. The first-order valence-corrected chi connectivity index (χ1v) is 13.1. The Hall–Kier alpha value is -3.44.